The van der Waals surface area contributed by atoms with Gasteiger partial charge >= 0.3 is 0 Å². The first kappa shape index (κ1) is 12.7. The summed E-state index contributed by atoms with van der Waals surface area (Å²) in [4.78, 5) is 11.7. The third kappa shape index (κ3) is 2.26. The third-order valence-corrected chi connectivity index (χ3v) is 2.77. The van der Waals surface area contributed by atoms with Crippen LogP contribution < -0.4 is 10.6 Å². The first-order valence-electron chi connectivity index (χ1n) is 5.38. The fourth-order valence-corrected chi connectivity index (χ4v) is 1.80. The number of benzene rings is 1. The Morgan fingerprint density at radius 3 is 2.72 bits per heavy atom. The zero-order valence-electron chi connectivity index (χ0n) is 9.27. The minimum absolute atomic E-state index is 0.188. The van der Waals surface area contributed by atoms with E-state index < -0.39 is 34.7 Å². The van der Waals surface area contributed by atoms with Gasteiger partial charge in [0, 0.05) is 12.6 Å². The maximum atomic E-state index is 13.4. The topological polar surface area (TPSA) is 61.4 Å². The number of aromatic hydroxyl groups is 1. The summed E-state index contributed by atoms with van der Waals surface area (Å²) < 4.78 is 39.3. The smallest absolute Gasteiger partial charge is 0.254 e. The van der Waals surface area contributed by atoms with E-state index in [1.165, 1.54) is 0 Å². The molecule has 1 amide bonds. The molecule has 1 saturated heterocycles. The van der Waals surface area contributed by atoms with E-state index in [1.807, 2.05) is 0 Å². The van der Waals surface area contributed by atoms with Crippen LogP contribution in [0.25, 0.3) is 0 Å². The number of phenols is 1. The van der Waals surface area contributed by atoms with E-state index in [4.69, 9.17) is 5.11 Å². The van der Waals surface area contributed by atoms with E-state index in [0.29, 0.717) is 19.0 Å². The summed E-state index contributed by atoms with van der Waals surface area (Å²) in [5, 5.41) is 14.4. The summed E-state index contributed by atoms with van der Waals surface area (Å²) in [6.45, 7) is 1.25. The molecule has 0 saturated carbocycles. The van der Waals surface area contributed by atoms with Gasteiger partial charge in [-0.2, -0.15) is 4.39 Å². The third-order valence-electron chi connectivity index (χ3n) is 2.77. The van der Waals surface area contributed by atoms with Gasteiger partial charge < -0.3 is 15.7 Å². The van der Waals surface area contributed by atoms with Crippen molar-refractivity contribution in [1.82, 2.24) is 10.6 Å². The standard InChI is InChI=1S/C11H11F3N2O2/c12-7-3-6(8(13)10(17)9(7)14)11(18)16-5-1-2-15-4-5/h3,5,15,17H,1-2,4H2,(H,16,18). The van der Waals surface area contributed by atoms with Gasteiger partial charge in [0.05, 0.1) is 5.56 Å². The quantitative estimate of drug-likeness (QED) is 0.692. The summed E-state index contributed by atoms with van der Waals surface area (Å²) in [6, 6.07) is 0.245. The molecule has 1 aliphatic rings. The van der Waals surface area contributed by atoms with Crippen molar-refractivity contribution in [3.8, 4) is 5.75 Å². The largest absolute Gasteiger partial charge is 0.503 e. The van der Waals surface area contributed by atoms with Crippen LogP contribution in [-0.2, 0) is 0 Å². The fourth-order valence-electron chi connectivity index (χ4n) is 1.80. The maximum absolute atomic E-state index is 13.4. The molecule has 7 heteroatoms. The van der Waals surface area contributed by atoms with Crippen LogP contribution in [0.4, 0.5) is 13.2 Å². The van der Waals surface area contributed by atoms with E-state index >= 15 is 0 Å². The Morgan fingerprint density at radius 2 is 2.11 bits per heavy atom. The number of phenolic OH excluding ortho intramolecular Hbond substituents is 1. The van der Waals surface area contributed by atoms with Gasteiger partial charge in [0.1, 0.15) is 0 Å². The Bertz CT molecular complexity index is 488. The van der Waals surface area contributed by atoms with Crippen LogP contribution in [0.1, 0.15) is 16.8 Å². The molecular formula is C11H11F3N2O2. The van der Waals surface area contributed by atoms with Gasteiger partial charge in [-0.25, -0.2) is 8.78 Å². The summed E-state index contributed by atoms with van der Waals surface area (Å²) >= 11 is 0. The second kappa shape index (κ2) is 4.85. The number of carbonyl (C=O) groups excluding carboxylic acids is 1. The van der Waals surface area contributed by atoms with Crippen molar-refractivity contribution >= 4 is 5.91 Å². The van der Waals surface area contributed by atoms with Gasteiger partial charge in [-0.05, 0) is 19.0 Å². The molecule has 1 unspecified atom stereocenters. The van der Waals surface area contributed by atoms with Crippen LogP contribution in [0.3, 0.4) is 0 Å². The zero-order valence-corrected chi connectivity index (χ0v) is 9.27. The highest BCUT2D eigenvalue weighted by atomic mass is 19.2. The van der Waals surface area contributed by atoms with Crippen molar-refractivity contribution in [2.24, 2.45) is 0 Å². The Labute approximate surface area is 101 Å². The SMILES string of the molecule is O=C(NC1CCNC1)c1cc(F)c(F)c(O)c1F. The number of hydrogen-bond acceptors (Lipinski definition) is 3. The number of amides is 1. The normalized spacial score (nSPS) is 18.9. The first-order chi connectivity index (χ1) is 8.50. The van der Waals surface area contributed by atoms with Crippen LogP contribution in [0.5, 0.6) is 5.75 Å². The predicted molar refractivity (Wildman–Crippen MR) is 56.7 cm³/mol. The van der Waals surface area contributed by atoms with Crippen molar-refractivity contribution in [3.05, 3.63) is 29.1 Å². The lowest BCUT2D eigenvalue weighted by Crippen LogP contribution is -2.36. The second-order valence-corrected chi connectivity index (χ2v) is 4.05. The molecule has 1 aromatic carbocycles. The summed E-state index contributed by atoms with van der Waals surface area (Å²) in [7, 11) is 0. The molecule has 0 aromatic heterocycles. The van der Waals surface area contributed by atoms with E-state index in [9.17, 15) is 18.0 Å². The Balaban J connectivity index is 2.24. The summed E-state index contributed by atoms with van der Waals surface area (Å²) in [6.07, 6.45) is 0.670. The van der Waals surface area contributed by atoms with Crippen LogP contribution in [0.2, 0.25) is 0 Å². The highest BCUT2D eigenvalue weighted by molar-refractivity contribution is 5.95. The molecule has 1 aliphatic heterocycles. The molecule has 1 aromatic rings. The van der Waals surface area contributed by atoms with Gasteiger partial charge in [0.15, 0.2) is 17.4 Å². The lowest BCUT2D eigenvalue weighted by molar-refractivity contribution is 0.0934. The summed E-state index contributed by atoms with van der Waals surface area (Å²) in [5.41, 5.74) is -0.710. The van der Waals surface area contributed by atoms with Crippen molar-refractivity contribution in [2.45, 2.75) is 12.5 Å². The Morgan fingerprint density at radius 1 is 1.39 bits per heavy atom. The molecule has 0 aliphatic carbocycles. The van der Waals surface area contributed by atoms with Gasteiger partial charge in [0.2, 0.25) is 5.82 Å². The maximum Gasteiger partial charge on any atom is 0.254 e. The number of halogens is 3. The molecule has 4 nitrogen and oxygen atoms in total. The van der Waals surface area contributed by atoms with Crippen LogP contribution in [0.15, 0.2) is 6.07 Å². The molecule has 3 N–H and O–H groups in total. The molecule has 98 valence electrons. The second-order valence-electron chi connectivity index (χ2n) is 4.05. The highest BCUT2D eigenvalue weighted by Gasteiger charge is 2.24. The molecular weight excluding hydrogens is 249 g/mol. The van der Waals surface area contributed by atoms with E-state index in [-0.39, 0.29) is 6.04 Å². The average molecular weight is 260 g/mol. The Hall–Kier alpha value is -1.76. The van der Waals surface area contributed by atoms with Crippen molar-refractivity contribution in [3.63, 3.8) is 0 Å². The number of carbonyl (C=O) groups is 1. The van der Waals surface area contributed by atoms with Crippen LogP contribution in [0, 0.1) is 17.5 Å². The monoisotopic (exact) mass is 260 g/mol. The van der Waals surface area contributed by atoms with E-state index in [2.05, 4.69) is 10.6 Å². The van der Waals surface area contributed by atoms with Crippen LogP contribution >= 0.6 is 0 Å². The zero-order chi connectivity index (χ0) is 13.3. The molecule has 0 bridgehead atoms. The molecule has 0 radical (unpaired) electrons. The molecule has 1 fully saturated rings. The predicted octanol–water partition coefficient (Wildman–Crippen LogP) is 0.901. The lowest BCUT2D eigenvalue weighted by atomic mass is 10.1. The van der Waals surface area contributed by atoms with Gasteiger partial charge in [-0.1, -0.05) is 0 Å². The average Bonchev–Trinajstić information content (AvgIpc) is 2.83. The number of hydrogen-bond donors (Lipinski definition) is 3. The van der Waals surface area contributed by atoms with Gasteiger partial charge in [-0.15, -0.1) is 0 Å². The van der Waals surface area contributed by atoms with Crippen molar-refractivity contribution in [2.75, 3.05) is 13.1 Å². The van der Waals surface area contributed by atoms with E-state index in [0.717, 1.165) is 6.54 Å². The minimum atomic E-state index is -1.70. The number of nitrogens with one attached hydrogen (secondary N) is 2. The Kier molecular flexibility index (Phi) is 3.42. The lowest BCUT2D eigenvalue weighted by Gasteiger charge is -2.12. The van der Waals surface area contributed by atoms with Gasteiger partial charge in [0.25, 0.3) is 5.91 Å². The molecule has 1 heterocycles. The highest BCUT2D eigenvalue weighted by Crippen LogP contribution is 2.25. The molecule has 18 heavy (non-hydrogen) atoms. The van der Waals surface area contributed by atoms with Crippen molar-refractivity contribution < 1.29 is 23.1 Å². The molecule has 2 rings (SSSR count). The molecule has 1 atom stereocenters. The minimum Gasteiger partial charge on any atom is -0.503 e. The van der Waals surface area contributed by atoms with Gasteiger partial charge in [-0.3, -0.25) is 4.79 Å². The summed E-state index contributed by atoms with van der Waals surface area (Å²) in [5.74, 6) is -6.99. The van der Waals surface area contributed by atoms with E-state index in [1.54, 1.807) is 0 Å². The fraction of sp³-hybridized carbons (Fsp3) is 0.364. The van der Waals surface area contributed by atoms with Crippen molar-refractivity contribution in [1.29, 1.82) is 0 Å². The van der Waals surface area contributed by atoms with Crippen LogP contribution in [-0.4, -0.2) is 30.1 Å². The number of rotatable bonds is 2. The first-order valence-corrected chi connectivity index (χ1v) is 5.38. The molecule has 0 spiro atoms.